The van der Waals surface area contributed by atoms with Crippen molar-refractivity contribution >= 4 is 35.3 Å². The Morgan fingerprint density at radius 1 is 1.43 bits per heavy atom. The Morgan fingerprint density at radius 2 is 2.22 bits per heavy atom. The number of aromatic nitrogens is 2. The molecule has 2 aliphatic rings. The fourth-order valence-corrected chi connectivity index (χ4v) is 5.37. The monoisotopic (exact) mass is 342 g/mol. The minimum atomic E-state index is -0.101. The largest absolute Gasteiger partial charge is 0.476 e. The molecule has 116 valence electrons. The minimum Gasteiger partial charge on any atom is -0.476 e. The molecule has 23 heavy (non-hydrogen) atoms. The lowest BCUT2D eigenvalue weighted by molar-refractivity contribution is 0.239. The number of nitrogens with zero attached hydrogens (tertiary/aromatic N) is 3. The number of nitrogens with one attached hydrogen (secondary N) is 1. The molecular formula is C16H14N4OS2. The lowest BCUT2D eigenvalue weighted by atomic mass is 10.1. The Balaban J connectivity index is 1.93. The molecule has 5 nitrogen and oxygen atoms in total. The van der Waals surface area contributed by atoms with E-state index in [1.54, 1.807) is 24.2 Å². The van der Waals surface area contributed by atoms with Crippen LogP contribution in [0.4, 0.5) is 0 Å². The molecular weight excluding hydrogens is 328 g/mol. The highest BCUT2D eigenvalue weighted by Crippen LogP contribution is 2.56. The molecule has 3 rings (SSSR count). The Bertz CT molecular complexity index is 749. The van der Waals surface area contributed by atoms with Gasteiger partial charge in [0.1, 0.15) is 18.2 Å². The third kappa shape index (κ3) is 3.05. The van der Waals surface area contributed by atoms with Gasteiger partial charge in [0.2, 0.25) is 0 Å². The van der Waals surface area contributed by atoms with Crippen molar-refractivity contribution in [3.8, 4) is 6.07 Å². The van der Waals surface area contributed by atoms with Gasteiger partial charge in [0.05, 0.1) is 21.3 Å². The van der Waals surface area contributed by atoms with E-state index in [4.69, 9.17) is 10.1 Å². The molecule has 3 heterocycles. The molecule has 2 aliphatic heterocycles. The number of nitriles is 1. The Hall–Kier alpha value is -2.04. The second-order valence-electron chi connectivity index (χ2n) is 4.82. The van der Waals surface area contributed by atoms with Crippen LogP contribution >= 0.6 is 23.5 Å². The summed E-state index contributed by atoms with van der Waals surface area (Å²) in [5.41, 5.74) is 2.21. The van der Waals surface area contributed by atoms with Crippen LogP contribution in [-0.2, 0) is 4.74 Å². The van der Waals surface area contributed by atoms with E-state index < -0.39 is 0 Å². The minimum absolute atomic E-state index is 0.0994. The fourth-order valence-electron chi connectivity index (χ4n) is 2.31. The van der Waals surface area contributed by atoms with Crippen molar-refractivity contribution in [2.45, 2.75) is 24.0 Å². The van der Waals surface area contributed by atoms with E-state index in [1.165, 1.54) is 24.3 Å². The summed E-state index contributed by atoms with van der Waals surface area (Å²) in [6, 6.07) is 2.26. The summed E-state index contributed by atoms with van der Waals surface area (Å²) in [5, 5.41) is 17.1. The van der Waals surface area contributed by atoms with Crippen LogP contribution < -0.4 is 0 Å². The number of fused-ring (bicyclic) bond motifs is 1. The summed E-state index contributed by atoms with van der Waals surface area (Å²) < 4.78 is 6.78. The van der Waals surface area contributed by atoms with Gasteiger partial charge in [-0.15, -0.1) is 11.8 Å². The standard InChI is InChI=1S/C16H14N4OS2/c1-2-3-4-11-13(6-18)21-15-14(11)22-16(23-15)12(5-17)10-7-19-9-20-8-10/h3-4,6-9,14-15,18H,2H2,1H3/b4-3-,16-12-,18-6?. The topological polar surface area (TPSA) is 82.6 Å². The van der Waals surface area contributed by atoms with Gasteiger partial charge in [-0.1, -0.05) is 30.8 Å². The van der Waals surface area contributed by atoms with E-state index in [2.05, 4.69) is 29.0 Å². The first-order valence-electron chi connectivity index (χ1n) is 7.09. The van der Waals surface area contributed by atoms with Gasteiger partial charge in [0.25, 0.3) is 0 Å². The van der Waals surface area contributed by atoms with Crippen LogP contribution in [0.15, 0.2) is 46.4 Å². The molecule has 0 spiro atoms. The van der Waals surface area contributed by atoms with Gasteiger partial charge in [-0.25, -0.2) is 9.97 Å². The summed E-state index contributed by atoms with van der Waals surface area (Å²) in [5.74, 6) is 0.616. The third-order valence-electron chi connectivity index (χ3n) is 3.37. The highest BCUT2D eigenvalue weighted by Gasteiger charge is 2.43. The van der Waals surface area contributed by atoms with E-state index in [0.29, 0.717) is 16.9 Å². The first kappa shape index (κ1) is 15.8. The molecule has 1 aromatic heterocycles. The molecule has 0 saturated carbocycles. The summed E-state index contributed by atoms with van der Waals surface area (Å²) >= 11 is 3.14. The SMILES string of the molecule is CC/C=C\C1=C(C=N)OC2S/C(=C(/C#N)c3cncnc3)SC12. The average molecular weight is 342 g/mol. The number of hydrogen-bond acceptors (Lipinski definition) is 7. The van der Waals surface area contributed by atoms with E-state index in [9.17, 15) is 5.26 Å². The van der Waals surface area contributed by atoms with Crippen LogP contribution in [0, 0.1) is 16.7 Å². The Labute approximate surface area is 143 Å². The van der Waals surface area contributed by atoms with Gasteiger partial charge in [-0.2, -0.15) is 5.26 Å². The molecule has 1 saturated heterocycles. The van der Waals surface area contributed by atoms with Crippen LogP contribution in [0.25, 0.3) is 5.57 Å². The van der Waals surface area contributed by atoms with Gasteiger partial charge in [0, 0.05) is 23.5 Å². The van der Waals surface area contributed by atoms with Crippen molar-refractivity contribution in [1.82, 2.24) is 9.97 Å². The normalized spacial score (nSPS) is 25.2. The van der Waals surface area contributed by atoms with Gasteiger partial charge in [-0.05, 0) is 6.42 Å². The molecule has 2 unspecified atom stereocenters. The Kier molecular flexibility index (Phi) is 4.84. The maximum absolute atomic E-state index is 9.52. The van der Waals surface area contributed by atoms with Crippen molar-refractivity contribution in [3.63, 3.8) is 0 Å². The van der Waals surface area contributed by atoms with Gasteiger partial charge in [-0.3, -0.25) is 0 Å². The first-order valence-corrected chi connectivity index (χ1v) is 8.85. The van der Waals surface area contributed by atoms with E-state index in [1.807, 2.05) is 6.08 Å². The third-order valence-corrected chi connectivity index (χ3v) is 6.31. The maximum atomic E-state index is 9.52. The molecule has 7 heteroatoms. The van der Waals surface area contributed by atoms with Gasteiger partial charge < -0.3 is 10.1 Å². The maximum Gasteiger partial charge on any atom is 0.165 e. The summed E-state index contributed by atoms with van der Waals surface area (Å²) in [6.07, 6.45) is 11.0. The van der Waals surface area contributed by atoms with E-state index in [-0.39, 0.29) is 10.7 Å². The summed E-state index contributed by atoms with van der Waals surface area (Å²) in [6.45, 7) is 2.07. The first-order chi connectivity index (χ1) is 11.3. The smallest absolute Gasteiger partial charge is 0.165 e. The Morgan fingerprint density at radius 3 is 2.87 bits per heavy atom. The molecule has 0 amide bonds. The predicted molar refractivity (Wildman–Crippen MR) is 93.6 cm³/mol. The van der Waals surface area contributed by atoms with Crippen LogP contribution in [0.1, 0.15) is 18.9 Å². The zero-order valence-corrected chi connectivity index (χ0v) is 14.0. The number of hydrogen-bond donors (Lipinski definition) is 1. The fraction of sp³-hybridized carbons (Fsp3) is 0.250. The lowest BCUT2D eigenvalue weighted by Crippen LogP contribution is -2.10. The van der Waals surface area contributed by atoms with Crippen molar-refractivity contribution in [1.29, 1.82) is 10.7 Å². The number of thioether (sulfide) groups is 2. The lowest BCUT2D eigenvalue weighted by Gasteiger charge is -2.06. The van der Waals surface area contributed by atoms with Gasteiger partial charge in [0.15, 0.2) is 5.44 Å². The number of ether oxygens (including phenoxy) is 1. The molecule has 1 fully saturated rings. The second kappa shape index (κ2) is 7.02. The second-order valence-corrected chi connectivity index (χ2v) is 7.34. The molecule has 2 atom stereocenters. The van der Waals surface area contributed by atoms with Crippen molar-refractivity contribution in [3.05, 3.63) is 52.0 Å². The van der Waals surface area contributed by atoms with Crippen LogP contribution in [0.5, 0.6) is 0 Å². The highest BCUT2D eigenvalue weighted by atomic mass is 32.2. The van der Waals surface area contributed by atoms with E-state index in [0.717, 1.165) is 16.2 Å². The van der Waals surface area contributed by atoms with Crippen molar-refractivity contribution in [2.75, 3.05) is 0 Å². The number of allylic oxidation sites excluding steroid dienone is 4. The molecule has 1 aromatic rings. The molecule has 0 bridgehead atoms. The van der Waals surface area contributed by atoms with Crippen LogP contribution in [0.2, 0.25) is 0 Å². The summed E-state index contributed by atoms with van der Waals surface area (Å²) in [7, 11) is 0. The number of rotatable bonds is 4. The quantitative estimate of drug-likeness (QED) is 0.663. The molecule has 0 radical (unpaired) electrons. The average Bonchev–Trinajstić information content (AvgIpc) is 3.12. The van der Waals surface area contributed by atoms with Crippen molar-refractivity contribution < 1.29 is 4.74 Å². The predicted octanol–water partition coefficient (Wildman–Crippen LogP) is 3.74. The van der Waals surface area contributed by atoms with Crippen LogP contribution in [-0.4, -0.2) is 26.9 Å². The van der Waals surface area contributed by atoms with Crippen molar-refractivity contribution in [2.24, 2.45) is 0 Å². The van der Waals surface area contributed by atoms with E-state index >= 15 is 0 Å². The van der Waals surface area contributed by atoms with Crippen LogP contribution in [0.3, 0.4) is 0 Å². The molecule has 0 aliphatic carbocycles. The molecule has 1 N–H and O–H groups in total. The van der Waals surface area contributed by atoms with Gasteiger partial charge >= 0.3 is 0 Å². The molecule has 0 aromatic carbocycles. The zero-order valence-electron chi connectivity index (χ0n) is 12.4. The zero-order chi connectivity index (χ0) is 16.2. The highest BCUT2D eigenvalue weighted by molar-refractivity contribution is 8.26. The summed E-state index contributed by atoms with van der Waals surface area (Å²) in [4.78, 5) is 7.96.